The second-order valence-electron chi connectivity index (χ2n) is 18.8. The quantitative estimate of drug-likeness (QED) is 0.0437. The van der Waals surface area contributed by atoms with Crippen molar-refractivity contribution in [1.29, 1.82) is 0 Å². The first-order chi connectivity index (χ1) is 32.9. The number of pyridine rings is 1. The maximum atomic E-state index is 14.3. The minimum atomic E-state index is -4.67. The largest absolute Gasteiger partial charge is 0.474 e. The Balaban J connectivity index is 0.952. The summed E-state index contributed by atoms with van der Waals surface area (Å²) in [6.07, 6.45) is 3.90. The number of allylic oxidation sites excluding steroid dienone is 1. The lowest BCUT2D eigenvalue weighted by Gasteiger charge is -2.39. The number of amides is 1. The van der Waals surface area contributed by atoms with Crippen LogP contribution >= 0.6 is 19.2 Å². The lowest BCUT2D eigenvalue weighted by Crippen LogP contribution is -2.47. The lowest BCUT2D eigenvalue weighted by molar-refractivity contribution is -0.384. The summed E-state index contributed by atoms with van der Waals surface area (Å²) in [7, 11) is -8.98. The van der Waals surface area contributed by atoms with Gasteiger partial charge >= 0.3 is 7.60 Å². The van der Waals surface area contributed by atoms with E-state index in [1.165, 1.54) is 22.8 Å². The Morgan fingerprint density at radius 1 is 0.986 bits per heavy atom. The van der Waals surface area contributed by atoms with Gasteiger partial charge in [0.15, 0.2) is 0 Å². The van der Waals surface area contributed by atoms with Crippen LogP contribution in [-0.4, -0.2) is 133 Å². The molecule has 5 aromatic rings. The summed E-state index contributed by atoms with van der Waals surface area (Å²) >= 11 is 6.26. The Morgan fingerprint density at radius 2 is 1.77 bits per heavy atom. The SMILES string of the molecule is CC1(C)CCC(CN2CCN(c3ccc(C(=O)NS(=O)(=O)c4ccc(NCC5CN(CP(=O)(O)O)CCO5)c([N+](=O)[O-])c4)c(N4CCOc5nc6[nH]ccc6cc54)c3)CC2)=C(c2ccc(Cl)cc2)C1. The number of aromatic amines is 1. The van der Waals surface area contributed by atoms with Gasteiger partial charge in [-0.1, -0.05) is 43.2 Å². The average Bonchev–Trinajstić information content (AvgIpc) is 3.77. The normalized spacial score (nSPS) is 19.3. The van der Waals surface area contributed by atoms with Crippen LogP contribution in [0.2, 0.25) is 5.02 Å². The number of benzene rings is 3. The van der Waals surface area contributed by atoms with E-state index in [0.29, 0.717) is 54.1 Å². The number of nitrogens with zero attached hydrogens (tertiary/aromatic N) is 6. The Labute approximate surface area is 404 Å². The van der Waals surface area contributed by atoms with Gasteiger partial charge in [0, 0.05) is 80.7 Å². The van der Waals surface area contributed by atoms with Crippen LogP contribution in [0.1, 0.15) is 49.0 Å². The maximum Gasteiger partial charge on any atom is 0.339 e. The molecule has 19 nitrogen and oxygen atoms in total. The number of sulfonamides is 1. The van der Waals surface area contributed by atoms with E-state index in [9.17, 15) is 37.7 Å². The van der Waals surface area contributed by atoms with Crippen LogP contribution in [0.4, 0.5) is 28.4 Å². The van der Waals surface area contributed by atoms with Crippen LogP contribution in [0.5, 0.6) is 5.88 Å². The molecule has 366 valence electrons. The van der Waals surface area contributed by atoms with Crippen LogP contribution in [-0.2, 0) is 19.3 Å². The molecule has 69 heavy (non-hydrogen) atoms. The number of aromatic nitrogens is 2. The highest BCUT2D eigenvalue weighted by molar-refractivity contribution is 7.90. The number of piperazine rings is 1. The number of carbonyl (C=O) groups excluding carboxylic acids is 1. The molecule has 1 unspecified atom stereocenters. The van der Waals surface area contributed by atoms with Crippen LogP contribution in [0, 0.1) is 15.5 Å². The fourth-order valence-electron chi connectivity index (χ4n) is 9.62. The zero-order valence-corrected chi connectivity index (χ0v) is 40.7. The third kappa shape index (κ3) is 11.2. The highest BCUT2D eigenvalue weighted by Crippen LogP contribution is 2.44. The molecule has 0 saturated carbocycles. The van der Waals surface area contributed by atoms with E-state index in [4.69, 9.17) is 21.1 Å². The van der Waals surface area contributed by atoms with Gasteiger partial charge in [0.25, 0.3) is 21.6 Å². The zero-order valence-electron chi connectivity index (χ0n) is 38.3. The van der Waals surface area contributed by atoms with Crippen LogP contribution in [0.25, 0.3) is 16.6 Å². The fraction of sp³-hybridized carbons (Fsp3) is 0.404. The Hall–Kier alpha value is -5.57. The number of nitro groups is 1. The number of nitro benzene ring substituents is 1. The molecule has 1 amide bonds. The van der Waals surface area contributed by atoms with Gasteiger partial charge in [-0.2, -0.15) is 4.98 Å². The van der Waals surface area contributed by atoms with E-state index < -0.39 is 51.4 Å². The van der Waals surface area contributed by atoms with Gasteiger partial charge in [-0.05, 0) is 90.4 Å². The first-order valence-electron chi connectivity index (χ1n) is 22.8. The van der Waals surface area contributed by atoms with Crippen molar-refractivity contribution in [3.8, 4) is 5.88 Å². The van der Waals surface area contributed by atoms with Crippen molar-refractivity contribution in [3.63, 3.8) is 0 Å². The number of halogens is 1. The van der Waals surface area contributed by atoms with Crippen molar-refractivity contribution in [3.05, 3.63) is 111 Å². The van der Waals surface area contributed by atoms with Crippen molar-refractivity contribution in [2.24, 2.45) is 5.41 Å². The molecule has 22 heteroatoms. The highest BCUT2D eigenvalue weighted by atomic mass is 35.5. The molecule has 0 radical (unpaired) electrons. The maximum absolute atomic E-state index is 14.3. The Morgan fingerprint density at radius 3 is 2.52 bits per heavy atom. The minimum Gasteiger partial charge on any atom is -0.474 e. The molecule has 1 atom stereocenters. The monoisotopic (exact) mass is 1000 g/mol. The zero-order chi connectivity index (χ0) is 48.7. The fourth-order valence-corrected chi connectivity index (χ4v) is 11.5. The molecular weight excluding hydrogens is 949 g/mol. The van der Waals surface area contributed by atoms with Crippen molar-refractivity contribution in [2.45, 2.75) is 44.1 Å². The molecule has 5 N–H and O–H groups in total. The van der Waals surface area contributed by atoms with E-state index in [-0.39, 0.29) is 43.0 Å². The van der Waals surface area contributed by atoms with Crippen molar-refractivity contribution in [1.82, 2.24) is 24.5 Å². The van der Waals surface area contributed by atoms with Crippen LogP contribution < -0.4 is 24.6 Å². The summed E-state index contributed by atoms with van der Waals surface area (Å²) < 4.78 is 53.3. The number of anilines is 4. The van der Waals surface area contributed by atoms with Gasteiger partial charge in [-0.25, -0.2) is 13.1 Å². The number of morpholine rings is 1. The number of ether oxygens (including phenoxy) is 2. The lowest BCUT2D eigenvalue weighted by atomic mass is 9.72. The molecule has 2 saturated heterocycles. The van der Waals surface area contributed by atoms with Gasteiger partial charge in [0.1, 0.15) is 29.9 Å². The van der Waals surface area contributed by atoms with Gasteiger partial charge in [-0.3, -0.25) is 29.3 Å². The Bertz CT molecular complexity index is 2960. The summed E-state index contributed by atoms with van der Waals surface area (Å²) in [5.41, 5.74) is 6.26. The number of fused-ring (bicyclic) bond motifs is 2. The minimum absolute atomic E-state index is 0.00590. The summed E-state index contributed by atoms with van der Waals surface area (Å²) in [6, 6.07) is 20.5. The van der Waals surface area contributed by atoms with Gasteiger partial charge in [0.2, 0.25) is 5.88 Å². The molecule has 9 rings (SSSR count). The third-order valence-corrected chi connectivity index (χ3v) is 15.6. The average molecular weight is 1000 g/mol. The molecule has 4 aliphatic rings. The standard InChI is InChI=1S/C47H55ClN9O10PS/c1-47(2)13-11-33(39(26-47)31-3-5-34(48)6-4-31)28-53-15-17-55(18-16-53)35-7-9-38(41(24-35)56-20-22-67-46-43(56)23-32-12-14-49-44(32)51-46)45(58)52-69(64,65)37-8-10-40(42(25-37)57(59)60)50-27-36-29-54(19-21-66-36)30-68(61,62)63/h3-10,12,14,23-25,36,50H,11,13,15-22,26-30H2,1-2H3,(H,49,51)(H,52,58)(H2,61,62,63). The van der Waals surface area contributed by atoms with E-state index in [0.717, 1.165) is 62.1 Å². The van der Waals surface area contributed by atoms with Gasteiger partial charge in [0.05, 0.1) is 40.3 Å². The van der Waals surface area contributed by atoms with E-state index in [1.807, 2.05) is 41.3 Å². The van der Waals surface area contributed by atoms with Crippen LogP contribution in [0.3, 0.4) is 0 Å². The number of rotatable bonds is 14. The van der Waals surface area contributed by atoms with E-state index in [2.05, 4.69) is 55.8 Å². The first kappa shape index (κ1) is 48.5. The summed E-state index contributed by atoms with van der Waals surface area (Å²) in [4.78, 5) is 60.2. The third-order valence-electron chi connectivity index (χ3n) is 13.2. The first-order valence-corrected chi connectivity index (χ1v) is 26.5. The van der Waals surface area contributed by atoms with Crippen LogP contribution in [0.15, 0.2) is 89.5 Å². The number of carbonyl (C=O) groups is 1. The number of hydrogen-bond acceptors (Lipinski definition) is 14. The smallest absolute Gasteiger partial charge is 0.339 e. The predicted molar refractivity (Wildman–Crippen MR) is 264 cm³/mol. The number of hydrogen-bond donors (Lipinski definition) is 5. The number of nitrogens with one attached hydrogen (secondary N) is 3. The van der Waals surface area contributed by atoms with Crippen molar-refractivity contribution >= 4 is 80.2 Å². The van der Waals surface area contributed by atoms with Gasteiger partial charge in [-0.15, -0.1) is 0 Å². The molecule has 0 spiro atoms. The molecule has 3 aliphatic heterocycles. The summed E-state index contributed by atoms with van der Waals surface area (Å²) in [5, 5.41) is 16.7. The van der Waals surface area contributed by atoms with Crippen molar-refractivity contribution < 1.29 is 42.0 Å². The molecule has 0 bridgehead atoms. The van der Waals surface area contributed by atoms with E-state index in [1.54, 1.807) is 17.2 Å². The second-order valence-corrected chi connectivity index (χ2v) is 22.5. The summed E-state index contributed by atoms with van der Waals surface area (Å²) in [5.74, 6) is -0.591. The topological polar surface area (TPSA) is 236 Å². The highest BCUT2D eigenvalue weighted by Gasteiger charge is 2.33. The second kappa shape index (κ2) is 19.7. The number of H-pyrrole nitrogens is 1. The Kier molecular flexibility index (Phi) is 13.8. The van der Waals surface area contributed by atoms with E-state index >= 15 is 0 Å². The summed E-state index contributed by atoms with van der Waals surface area (Å²) in [6.45, 7) is 9.83. The molecule has 1 aliphatic carbocycles. The molecule has 2 aromatic heterocycles. The molecule has 2 fully saturated rings. The molecular formula is C47H55ClN9O10PS. The van der Waals surface area contributed by atoms with Gasteiger partial charge < -0.3 is 39.4 Å². The molecule has 5 heterocycles. The predicted octanol–water partition coefficient (Wildman–Crippen LogP) is 6.81. The van der Waals surface area contributed by atoms with Crippen molar-refractivity contribution in [2.75, 3.05) is 93.5 Å². The molecule has 3 aromatic carbocycles.